The van der Waals surface area contributed by atoms with Gasteiger partial charge in [-0.15, -0.1) is 0 Å². The van der Waals surface area contributed by atoms with Gasteiger partial charge in [-0.2, -0.15) is 0 Å². The first-order chi connectivity index (χ1) is 11.0. The van der Waals surface area contributed by atoms with Crippen molar-refractivity contribution in [2.75, 3.05) is 20.3 Å². The summed E-state index contributed by atoms with van der Waals surface area (Å²) in [6.45, 7) is 4.39. The Balaban J connectivity index is 2.38. The number of hydrogen-bond donors (Lipinski definition) is 1. The van der Waals surface area contributed by atoms with Gasteiger partial charge >= 0.3 is 0 Å². The molecule has 0 spiro atoms. The van der Waals surface area contributed by atoms with E-state index < -0.39 is 17.7 Å². The quantitative estimate of drug-likeness (QED) is 0.785. The molecule has 1 aliphatic rings. The molecule has 0 aliphatic carbocycles. The molecule has 0 saturated heterocycles. The highest BCUT2D eigenvalue weighted by Gasteiger charge is 2.41. The van der Waals surface area contributed by atoms with Crippen LogP contribution >= 0.6 is 0 Å². The van der Waals surface area contributed by atoms with Gasteiger partial charge in [-0.05, 0) is 30.9 Å². The van der Waals surface area contributed by atoms with E-state index in [1.54, 1.807) is 12.0 Å². The van der Waals surface area contributed by atoms with Gasteiger partial charge in [-0.3, -0.25) is 9.59 Å². The predicted molar refractivity (Wildman–Crippen MR) is 87.1 cm³/mol. The van der Waals surface area contributed by atoms with E-state index in [9.17, 15) is 14.7 Å². The molecule has 1 atom stereocenters. The average Bonchev–Trinajstić information content (AvgIpc) is 2.80. The van der Waals surface area contributed by atoms with E-state index in [2.05, 4.69) is 6.92 Å². The molecule has 0 radical (unpaired) electrons. The number of methoxy groups -OCH3 is 1. The molecule has 1 aliphatic heterocycles. The maximum absolute atomic E-state index is 12.3. The van der Waals surface area contributed by atoms with Crippen molar-refractivity contribution < 1.29 is 19.4 Å². The number of nitrogens with zero attached hydrogens (tertiary/aromatic N) is 1. The van der Waals surface area contributed by atoms with Gasteiger partial charge in [-0.25, -0.2) is 0 Å². The Hall–Kier alpha value is -2.14. The Morgan fingerprint density at radius 2 is 1.96 bits per heavy atom. The number of aliphatic hydroxyl groups excluding tert-OH is 1. The molecule has 23 heavy (non-hydrogen) atoms. The van der Waals surface area contributed by atoms with E-state index >= 15 is 0 Å². The summed E-state index contributed by atoms with van der Waals surface area (Å²) in [6, 6.07) is 7.28. The van der Waals surface area contributed by atoms with Crippen LogP contribution in [-0.2, 0) is 20.7 Å². The van der Waals surface area contributed by atoms with Crippen LogP contribution in [0, 0.1) is 0 Å². The fraction of sp³-hybridized carbons (Fsp3) is 0.444. The lowest BCUT2D eigenvalue weighted by molar-refractivity contribution is -0.129. The molecule has 0 bridgehead atoms. The van der Waals surface area contributed by atoms with Gasteiger partial charge in [-0.1, -0.05) is 31.2 Å². The lowest BCUT2D eigenvalue weighted by Crippen LogP contribution is -2.32. The number of aliphatic hydroxyl groups is 1. The number of benzene rings is 1. The summed E-state index contributed by atoms with van der Waals surface area (Å²) in [5.74, 6) is -1.20. The van der Waals surface area contributed by atoms with Crippen molar-refractivity contribution in [2.45, 2.75) is 32.7 Å². The Labute approximate surface area is 136 Å². The standard InChI is InChI=1S/C18H23NO4/c1-4-13-6-8-14(9-7-13)16-15(12(2)20)17(21)18(22)19(16)10-5-11-23-3/h6-9,16,21H,4-5,10-11H2,1-3H3/t16-/m0/s1. The first-order valence-corrected chi connectivity index (χ1v) is 7.84. The van der Waals surface area contributed by atoms with Crippen LogP contribution in [-0.4, -0.2) is 42.0 Å². The van der Waals surface area contributed by atoms with Crippen molar-refractivity contribution in [3.63, 3.8) is 0 Å². The molecule has 2 rings (SSSR count). The molecule has 1 aromatic carbocycles. The minimum absolute atomic E-state index is 0.177. The summed E-state index contributed by atoms with van der Waals surface area (Å²) < 4.78 is 5.03. The topological polar surface area (TPSA) is 66.8 Å². The van der Waals surface area contributed by atoms with Gasteiger partial charge in [0.2, 0.25) is 0 Å². The maximum atomic E-state index is 12.3. The molecule has 1 amide bonds. The van der Waals surface area contributed by atoms with Crippen LogP contribution in [0.15, 0.2) is 35.6 Å². The smallest absolute Gasteiger partial charge is 0.290 e. The van der Waals surface area contributed by atoms with Crippen LogP contribution in [0.5, 0.6) is 0 Å². The Morgan fingerprint density at radius 3 is 2.48 bits per heavy atom. The summed E-state index contributed by atoms with van der Waals surface area (Å²) in [7, 11) is 1.60. The molecule has 1 aromatic rings. The number of hydrogen-bond acceptors (Lipinski definition) is 4. The predicted octanol–water partition coefficient (Wildman–Crippen LogP) is 2.57. The molecule has 5 nitrogen and oxygen atoms in total. The number of carbonyl (C=O) groups excluding carboxylic acids is 2. The third-order valence-corrected chi connectivity index (χ3v) is 4.13. The van der Waals surface area contributed by atoms with Gasteiger partial charge in [0, 0.05) is 20.3 Å². The minimum atomic E-state index is -0.525. The molecule has 1 N–H and O–H groups in total. The van der Waals surface area contributed by atoms with Gasteiger partial charge in [0.25, 0.3) is 5.91 Å². The highest BCUT2D eigenvalue weighted by molar-refractivity contribution is 6.08. The SMILES string of the molecule is CCc1ccc([C@H]2C(C(C)=O)=C(O)C(=O)N2CCCOC)cc1. The second-order valence-electron chi connectivity index (χ2n) is 5.66. The summed E-state index contributed by atoms with van der Waals surface area (Å²) in [4.78, 5) is 25.9. The van der Waals surface area contributed by atoms with Crippen molar-refractivity contribution in [3.8, 4) is 0 Å². The van der Waals surface area contributed by atoms with E-state index in [0.717, 1.165) is 12.0 Å². The summed E-state index contributed by atoms with van der Waals surface area (Å²) in [6.07, 6.45) is 1.56. The number of rotatable bonds is 7. The number of carbonyl (C=O) groups is 2. The van der Waals surface area contributed by atoms with Crippen molar-refractivity contribution >= 4 is 11.7 Å². The Kier molecular flexibility index (Phi) is 5.55. The number of ketones is 1. The third kappa shape index (κ3) is 3.45. The molecule has 124 valence electrons. The van der Waals surface area contributed by atoms with Crippen LogP contribution in [0.3, 0.4) is 0 Å². The van der Waals surface area contributed by atoms with Crippen molar-refractivity contribution in [1.29, 1.82) is 0 Å². The van der Waals surface area contributed by atoms with E-state index in [4.69, 9.17) is 4.74 Å². The fourth-order valence-electron chi connectivity index (χ4n) is 2.91. The number of aryl methyl sites for hydroxylation is 1. The minimum Gasteiger partial charge on any atom is -0.503 e. The summed E-state index contributed by atoms with van der Waals surface area (Å²) in [5, 5.41) is 10.1. The van der Waals surface area contributed by atoms with Gasteiger partial charge in [0.15, 0.2) is 11.5 Å². The fourth-order valence-corrected chi connectivity index (χ4v) is 2.91. The Morgan fingerprint density at radius 1 is 1.30 bits per heavy atom. The number of amides is 1. The zero-order valence-corrected chi connectivity index (χ0v) is 13.8. The van der Waals surface area contributed by atoms with E-state index in [-0.39, 0.29) is 11.4 Å². The zero-order valence-electron chi connectivity index (χ0n) is 13.8. The van der Waals surface area contributed by atoms with E-state index in [1.165, 1.54) is 12.5 Å². The van der Waals surface area contributed by atoms with Crippen LogP contribution < -0.4 is 0 Å². The summed E-state index contributed by atoms with van der Waals surface area (Å²) in [5.41, 5.74) is 2.19. The monoisotopic (exact) mass is 317 g/mol. The van der Waals surface area contributed by atoms with Gasteiger partial charge in [0.1, 0.15) is 0 Å². The molecule has 1 heterocycles. The molecule has 0 saturated carbocycles. The van der Waals surface area contributed by atoms with Crippen LogP contribution in [0.1, 0.15) is 37.4 Å². The number of Topliss-reactive ketones (excluding diaryl/α,β-unsaturated/α-hetero) is 1. The molecule has 0 fully saturated rings. The molecular formula is C18H23NO4. The summed E-state index contributed by atoms with van der Waals surface area (Å²) >= 11 is 0. The highest BCUT2D eigenvalue weighted by Crippen LogP contribution is 2.37. The van der Waals surface area contributed by atoms with Crippen LogP contribution in [0.25, 0.3) is 0 Å². The van der Waals surface area contributed by atoms with Crippen molar-refractivity contribution in [3.05, 3.63) is 46.7 Å². The molecular weight excluding hydrogens is 294 g/mol. The van der Waals surface area contributed by atoms with Gasteiger partial charge < -0.3 is 14.7 Å². The van der Waals surface area contributed by atoms with E-state index in [1.807, 2.05) is 24.3 Å². The second kappa shape index (κ2) is 7.42. The average molecular weight is 317 g/mol. The second-order valence-corrected chi connectivity index (χ2v) is 5.66. The first-order valence-electron chi connectivity index (χ1n) is 7.84. The van der Waals surface area contributed by atoms with Crippen molar-refractivity contribution in [1.82, 2.24) is 4.90 Å². The number of ether oxygens (including phenoxy) is 1. The third-order valence-electron chi connectivity index (χ3n) is 4.13. The first kappa shape index (κ1) is 17.2. The molecule has 0 unspecified atom stereocenters. The zero-order chi connectivity index (χ0) is 17.0. The van der Waals surface area contributed by atoms with Crippen LogP contribution in [0.4, 0.5) is 0 Å². The molecule has 0 aromatic heterocycles. The molecule has 5 heteroatoms. The largest absolute Gasteiger partial charge is 0.503 e. The Bertz CT molecular complexity index is 618. The van der Waals surface area contributed by atoms with E-state index in [0.29, 0.717) is 19.6 Å². The lowest BCUT2D eigenvalue weighted by Gasteiger charge is -2.26. The maximum Gasteiger partial charge on any atom is 0.290 e. The van der Waals surface area contributed by atoms with Crippen LogP contribution in [0.2, 0.25) is 0 Å². The van der Waals surface area contributed by atoms with Gasteiger partial charge in [0.05, 0.1) is 11.6 Å². The normalized spacial score (nSPS) is 18.0. The van der Waals surface area contributed by atoms with Crippen molar-refractivity contribution in [2.24, 2.45) is 0 Å². The highest BCUT2D eigenvalue weighted by atomic mass is 16.5. The lowest BCUT2D eigenvalue weighted by atomic mass is 9.95.